The van der Waals surface area contributed by atoms with E-state index in [1.165, 1.54) is 0 Å². The van der Waals surface area contributed by atoms with Gasteiger partial charge < -0.3 is 5.32 Å². The molecule has 0 radical (unpaired) electrons. The van der Waals surface area contributed by atoms with Crippen LogP contribution in [0.15, 0.2) is 73.1 Å². The molecule has 0 atom stereocenters. The van der Waals surface area contributed by atoms with Gasteiger partial charge in [-0.1, -0.05) is 41.9 Å². The van der Waals surface area contributed by atoms with Gasteiger partial charge in [0.2, 0.25) is 0 Å². The maximum atomic E-state index is 5.96. The molecule has 0 bridgehead atoms. The van der Waals surface area contributed by atoms with Crippen LogP contribution in [0.3, 0.4) is 0 Å². The number of anilines is 2. The topological polar surface area (TPSA) is 42.2 Å². The molecule has 1 N–H and O–H groups in total. The van der Waals surface area contributed by atoms with Crippen LogP contribution in [-0.4, -0.2) is 14.6 Å². The van der Waals surface area contributed by atoms with Crippen LogP contribution in [0.4, 0.5) is 11.5 Å². The van der Waals surface area contributed by atoms with Gasteiger partial charge in [-0.15, -0.1) is 0 Å². The van der Waals surface area contributed by atoms with Crippen molar-refractivity contribution in [1.82, 2.24) is 14.6 Å². The Bertz CT molecular complexity index is 946. The second-order valence-electron chi connectivity index (χ2n) is 5.14. The molecule has 4 nitrogen and oxygen atoms in total. The molecular formula is C18H13ClN4. The fourth-order valence-corrected chi connectivity index (χ4v) is 2.57. The number of hydrogen-bond donors (Lipinski definition) is 1. The van der Waals surface area contributed by atoms with E-state index < -0.39 is 0 Å². The molecule has 0 saturated heterocycles. The fraction of sp³-hybridized carbons (Fsp3) is 0. The third-order valence-corrected chi connectivity index (χ3v) is 3.82. The normalized spacial score (nSPS) is 10.8. The average molecular weight is 321 g/mol. The van der Waals surface area contributed by atoms with Gasteiger partial charge in [-0.3, -0.25) is 0 Å². The van der Waals surface area contributed by atoms with E-state index in [1.54, 1.807) is 4.52 Å². The highest BCUT2D eigenvalue weighted by Crippen LogP contribution is 2.26. The highest BCUT2D eigenvalue weighted by atomic mass is 35.5. The molecule has 0 spiro atoms. The van der Waals surface area contributed by atoms with E-state index in [4.69, 9.17) is 11.6 Å². The number of nitrogens with one attached hydrogen (secondary N) is 1. The van der Waals surface area contributed by atoms with Crippen molar-refractivity contribution in [2.75, 3.05) is 5.32 Å². The molecule has 2 aromatic carbocycles. The minimum atomic E-state index is 0.713. The first-order chi connectivity index (χ1) is 11.3. The Morgan fingerprint density at radius 1 is 0.913 bits per heavy atom. The Hall–Kier alpha value is -2.85. The van der Waals surface area contributed by atoms with Crippen molar-refractivity contribution in [1.29, 1.82) is 0 Å². The van der Waals surface area contributed by atoms with Crippen LogP contribution in [0.2, 0.25) is 5.02 Å². The maximum absolute atomic E-state index is 5.96. The number of aromatic nitrogens is 3. The molecule has 0 aliphatic carbocycles. The van der Waals surface area contributed by atoms with Gasteiger partial charge in [0, 0.05) is 22.5 Å². The Labute approximate surface area is 138 Å². The highest BCUT2D eigenvalue weighted by molar-refractivity contribution is 6.30. The summed E-state index contributed by atoms with van der Waals surface area (Å²) < 4.78 is 1.76. The smallest absolute Gasteiger partial charge is 0.165 e. The van der Waals surface area contributed by atoms with E-state index in [9.17, 15) is 0 Å². The summed E-state index contributed by atoms with van der Waals surface area (Å²) in [5, 5.41) is 8.37. The lowest BCUT2D eigenvalue weighted by Crippen LogP contribution is -1.97. The van der Waals surface area contributed by atoms with Crippen molar-refractivity contribution >= 4 is 28.8 Å². The van der Waals surface area contributed by atoms with Gasteiger partial charge in [-0.25, -0.2) is 9.50 Å². The lowest BCUT2D eigenvalue weighted by Gasteiger charge is -2.06. The second-order valence-corrected chi connectivity index (χ2v) is 5.57. The zero-order valence-corrected chi connectivity index (χ0v) is 12.9. The third kappa shape index (κ3) is 2.76. The van der Waals surface area contributed by atoms with E-state index in [1.807, 2.05) is 73.1 Å². The number of nitrogens with zero attached hydrogens (tertiary/aromatic N) is 3. The molecule has 0 unspecified atom stereocenters. The van der Waals surface area contributed by atoms with Gasteiger partial charge in [0.15, 0.2) is 5.65 Å². The number of para-hydroxylation sites is 1. The van der Waals surface area contributed by atoms with Gasteiger partial charge in [0.05, 0.1) is 6.20 Å². The predicted molar refractivity (Wildman–Crippen MR) is 93.2 cm³/mol. The Morgan fingerprint density at radius 2 is 1.70 bits per heavy atom. The van der Waals surface area contributed by atoms with E-state index in [0.717, 1.165) is 28.3 Å². The van der Waals surface area contributed by atoms with Gasteiger partial charge >= 0.3 is 0 Å². The molecule has 2 heterocycles. The van der Waals surface area contributed by atoms with Crippen molar-refractivity contribution in [2.24, 2.45) is 0 Å². The van der Waals surface area contributed by atoms with Crippen LogP contribution >= 0.6 is 11.6 Å². The van der Waals surface area contributed by atoms with Crippen LogP contribution in [0.1, 0.15) is 0 Å². The summed E-state index contributed by atoms with van der Waals surface area (Å²) in [6.07, 6.45) is 3.71. The largest absolute Gasteiger partial charge is 0.340 e. The first kappa shape index (κ1) is 13.8. The van der Waals surface area contributed by atoms with Crippen molar-refractivity contribution in [3.05, 3.63) is 78.1 Å². The third-order valence-electron chi connectivity index (χ3n) is 3.57. The van der Waals surface area contributed by atoms with E-state index in [0.29, 0.717) is 5.02 Å². The second kappa shape index (κ2) is 5.74. The lowest BCUT2D eigenvalue weighted by molar-refractivity contribution is 0.941. The summed E-state index contributed by atoms with van der Waals surface area (Å²) in [5.41, 5.74) is 3.80. The van der Waals surface area contributed by atoms with Crippen LogP contribution in [0.5, 0.6) is 0 Å². The molecule has 0 amide bonds. The molecule has 4 aromatic rings. The van der Waals surface area contributed by atoms with Gasteiger partial charge in [0.25, 0.3) is 0 Å². The molecule has 5 heteroatoms. The molecule has 0 aliphatic rings. The van der Waals surface area contributed by atoms with Gasteiger partial charge in [-0.2, -0.15) is 5.10 Å². The summed E-state index contributed by atoms with van der Waals surface area (Å²) in [6, 6.07) is 19.5. The monoisotopic (exact) mass is 320 g/mol. The van der Waals surface area contributed by atoms with Crippen LogP contribution < -0.4 is 5.32 Å². The maximum Gasteiger partial charge on any atom is 0.165 e. The molecule has 0 aliphatic heterocycles. The standard InChI is InChI=1S/C18H13ClN4/c19-14-8-6-13(7-9-14)16-12-20-23-11-10-17(22-18(16)23)21-15-4-2-1-3-5-15/h1-12H,(H,21,22). The van der Waals surface area contributed by atoms with Crippen LogP contribution in [0, 0.1) is 0 Å². The lowest BCUT2D eigenvalue weighted by atomic mass is 10.1. The summed E-state index contributed by atoms with van der Waals surface area (Å²) in [5.74, 6) is 0.777. The summed E-state index contributed by atoms with van der Waals surface area (Å²) in [4.78, 5) is 4.69. The number of rotatable bonds is 3. The number of benzene rings is 2. The van der Waals surface area contributed by atoms with Crippen molar-refractivity contribution in [2.45, 2.75) is 0 Å². The van der Waals surface area contributed by atoms with Crippen LogP contribution in [0.25, 0.3) is 16.8 Å². The minimum Gasteiger partial charge on any atom is -0.340 e. The molecule has 0 saturated carbocycles. The zero-order valence-electron chi connectivity index (χ0n) is 12.1. The number of hydrogen-bond acceptors (Lipinski definition) is 3. The molecule has 0 fully saturated rings. The van der Waals surface area contributed by atoms with Crippen molar-refractivity contribution in [3.8, 4) is 11.1 Å². The van der Waals surface area contributed by atoms with Gasteiger partial charge in [0.1, 0.15) is 5.82 Å². The summed E-state index contributed by atoms with van der Waals surface area (Å²) in [7, 11) is 0. The van der Waals surface area contributed by atoms with Crippen LogP contribution in [-0.2, 0) is 0 Å². The zero-order chi connectivity index (χ0) is 15.6. The SMILES string of the molecule is Clc1ccc(-c2cnn3ccc(Nc4ccccc4)nc23)cc1. The predicted octanol–water partition coefficient (Wildman–Crippen LogP) is 4.79. The highest BCUT2D eigenvalue weighted by Gasteiger charge is 2.09. The molecule has 23 heavy (non-hydrogen) atoms. The van der Waals surface area contributed by atoms with E-state index >= 15 is 0 Å². The number of halogens is 1. The molecule has 4 rings (SSSR count). The van der Waals surface area contributed by atoms with Crippen molar-refractivity contribution < 1.29 is 0 Å². The van der Waals surface area contributed by atoms with E-state index in [-0.39, 0.29) is 0 Å². The quantitative estimate of drug-likeness (QED) is 0.590. The average Bonchev–Trinajstić information content (AvgIpc) is 3.00. The Kier molecular flexibility index (Phi) is 3.44. The Balaban J connectivity index is 1.75. The van der Waals surface area contributed by atoms with E-state index in [2.05, 4.69) is 15.4 Å². The first-order valence-corrected chi connectivity index (χ1v) is 7.60. The first-order valence-electron chi connectivity index (χ1n) is 7.22. The fourth-order valence-electron chi connectivity index (χ4n) is 2.44. The Morgan fingerprint density at radius 3 is 2.48 bits per heavy atom. The summed E-state index contributed by atoms with van der Waals surface area (Å²) in [6.45, 7) is 0. The molecule has 112 valence electrons. The number of fused-ring (bicyclic) bond motifs is 1. The van der Waals surface area contributed by atoms with Gasteiger partial charge in [-0.05, 0) is 35.9 Å². The summed E-state index contributed by atoms with van der Waals surface area (Å²) >= 11 is 5.96. The molecular weight excluding hydrogens is 308 g/mol. The van der Waals surface area contributed by atoms with Crippen molar-refractivity contribution in [3.63, 3.8) is 0 Å². The minimum absolute atomic E-state index is 0.713. The molecule has 2 aromatic heterocycles.